The summed E-state index contributed by atoms with van der Waals surface area (Å²) in [5.41, 5.74) is 0.427. The quantitative estimate of drug-likeness (QED) is 0.643. The van der Waals surface area contributed by atoms with Gasteiger partial charge in [-0.25, -0.2) is 8.78 Å². The van der Waals surface area contributed by atoms with E-state index in [1.165, 1.54) is 6.07 Å². The molecule has 0 unspecified atom stereocenters. The van der Waals surface area contributed by atoms with Gasteiger partial charge in [0.05, 0.1) is 10.7 Å². The summed E-state index contributed by atoms with van der Waals surface area (Å²) in [5, 5.41) is 0.280. The third kappa shape index (κ3) is 1.87. The Labute approximate surface area is 68.0 Å². The molecule has 1 aromatic rings. The fourth-order valence-electron chi connectivity index (χ4n) is 0.640. The van der Waals surface area contributed by atoms with Gasteiger partial charge in [-0.15, -0.1) is 0 Å². The Morgan fingerprint density at radius 3 is 2.64 bits per heavy atom. The van der Waals surface area contributed by atoms with Crippen molar-refractivity contribution in [2.75, 3.05) is 0 Å². The number of nitrogens with zero attached hydrogens (tertiary/aromatic N) is 1. The van der Waals surface area contributed by atoms with E-state index in [1.807, 2.05) is 0 Å². The maximum atomic E-state index is 12.0. The van der Waals surface area contributed by atoms with E-state index in [9.17, 15) is 8.78 Å². The molecule has 0 aliphatic rings. The van der Waals surface area contributed by atoms with Crippen molar-refractivity contribution in [3.05, 3.63) is 28.5 Å². The lowest BCUT2D eigenvalue weighted by atomic mass is 10.2. The van der Waals surface area contributed by atoms with Gasteiger partial charge in [0, 0.05) is 11.8 Å². The molecule has 0 aliphatic carbocycles. The van der Waals surface area contributed by atoms with E-state index in [-0.39, 0.29) is 10.6 Å². The van der Waals surface area contributed by atoms with E-state index in [2.05, 4.69) is 4.98 Å². The van der Waals surface area contributed by atoms with Gasteiger partial charge in [0.1, 0.15) is 0 Å². The van der Waals surface area contributed by atoms with Gasteiger partial charge in [-0.2, -0.15) is 0 Å². The van der Waals surface area contributed by atoms with Crippen LogP contribution in [0.25, 0.3) is 0 Å². The van der Waals surface area contributed by atoms with Crippen LogP contribution in [0.2, 0.25) is 5.02 Å². The fourth-order valence-corrected chi connectivity index (χ4v) is 0.815. The molecule has 11 heavy (non-hydrogen) atoms. The molecule has 0 spiro atoms. The van der Waals surface area contributed by atoms with Crippen molar-refractivity contribution in [2.45, 2.75) is 13.3 Å². The molecule has 4 heteroatoms. The summed E-state index contributed by atoms with van der Waals surface area (Å²) in [6, 6.07) is 1.23. The van der Waals surface area contributed by atoms with E-state index in [0.717, 1.165) is 6.20 Å². The highest BCUT2D eigenvalue weighted by atomic mass is 35.5. The van der Waals surface area contributed by atoms with Crippen molar-refractivity contribution < 1.29 is 8.78 Å². The molecule has 0 radical (unpaired) electrons. The van der Waals surface area contributed by atoms with Crippen LogP contribution in [0.3, 0.4) is 0 Å². The molecule has 0 fully saturated rings. The standard InChI is InChI=1S/C7H6ClF2N/c1-4-6(8)2-5(3-11-4)7(9)10/h2-3,7H,1H3. The van der Waals surface area contributed by atoms with Gasteiger partial charge >= 0.3 is 0 Å². The lowest BCUT2D eigenvalue weighted by molar-refractivity contribution is 0.151. The first-order valence-corrected chi connectivity index (χ1v) is 3.39. The van der Waals surface area contributed by atoms with E-state index in [4.69, 9.17) is 11.6 Å². The Kier molecular flexibility index (Phi) is 2.39. The maximum Gasteiger partial charge on any atom is 0.265 e. The van der Waals surface area contributed by atoms with E-state index in [1.54, 1.807) is 6.92 Å². The zero-order chi connectivity index (χ0) is 8.43. The van der Waals surface area contributed by atoms with Crippen molar-refractivity contribution in [1.29, 1.82) is 0 Å². The van der Waals surface area contributed by atoms with E-state index < -0.39 is 6.43 Å². The summed E-state index contributed by atoms with van der Waals surface area (Å²) in [7, 11) is 0. The van der Waals surface area contributed by atoms with Crippen LogP contribution >= 0.6 is 11.6 Å². The zero-order valence-corrected chi connectivity index (χ0v) is 6.57. The molecule has 1 rings (SSSR count). The van der Waals surface area contributed by atoms with E-state index in [0.29, 0.717) is 5.69 Å². The van der Waals surface area contributed by atoms with Gasteiger partial charge in [0.2, 0.25) is 0 Å². The minimum atomic E-state index is -2.50. The topological polar surface area (TPSA) is 12.9 Å². The Balaban J connectivity index is 3.05. The molecule has 0 amide bonds. The third-order valence-electron chi connectivity index (χ3n) is 1.30. The van der Waals surface area contributed by atoms with Gasteiger partial charge in [0.15, 0.2) is 0 Å². The van der Waals surface area contributed by atoms with Gasteiger partial charge in [-0.3, -0.25) is 4.98 Å². The molecule has 1 aromatic heterocycles. The minimum Gasteiger partial charge on any atom is -0.260 e. The SMILES string of the molecule is Cc1ncc(C(F)F)cc1Cl. The van der Waals surface area contributed by atoms with Crippen molar-refractivity contribution in [3.8, 4) is 0 Å². The molecule has 0 saturated carbocycles. The van der Waals surface area contributed by atoms with Crippen molar-refractivity contribution in [2.24, 2.45) is 0 Å². The smallest absolute Gasteiger partial charge is 0.260 e. The normalized spacial score (nSPS) is 10.6. The summed E-state index contributed by atoms with van der Waals surface area (Å²) in [5.74, 6) is 0. The molecular formula is C7H6ClF2N. The number of aryl methyl sites for hydroxylation is 1. The third-order valence-corrected chi connectivity index (χ3v) is 1.68. The molecule has 0 atom stereocenters. The van der Waals surface area contributed by atoms with Crippen LogP contribution in [0.5, 0.6) is 0 Å². The molecule has 0 N–H and O–H groups in total. The van der Waals surface area contributed by atoms with Gasteiger partial charge in [-0.1, -0.05) is 11.6 Å². The number of hydrogen-bond donors (Lipinski definition) is 0. The van der Waals surface area contributed by atoms with Gasteiger partial charge < -0.3 is 0 Å². The van der Waals surface area contributed by atoms with Gasteiger partial charge in [0.25, 0.3) is 6.43 Å². The Hall–Kier alpha value is -0.700. The number of pyridine rings is 1. The van der Waals surface area contributed by atoms with Crippen LogP contribution in [0, 0.1) is 6.92 Å². The average molecular weight is 178 g/mol. The van der Waals surface area contributed by atoms with Crippen molar-refractivity contribution in [1.82, 2.24) is 4.98 Å². The van der Waals surface area contributed by atoms with Crippen LogP contribution < -0.4 is 0 Å². The highest BCUT2D eigenvalue weighted by molar-refractivity contribution is 6.31. The fraction of sp³-hybridized carbons (Fsp3) is 0.286. The highest BCUT2D eigenvalue weighted by Gasteiger charge is 2.08. The summed E-state index contributed by atoms with van der Waals surface area (Å²) in [4.78, 5) is 3.69. The predicted octanol–water partition coefficient (Wildman–Crippen LogP) is 2.98. The Morgan fingerprint density at radius 1 is 1.55 bits per heavy atom. The number of halogens is 3. The van der Waals surface area contributed by atoms with Gasteiger partial charge in [-0.05, 0) is 13.0 Å². The number of alkyl halides is 2. The Morgan fingerprint density at radius 2 is 2.18 bits per heavy atom. The first kappa shape index (κ1) is 8.40. The summed E-state index contributed by atoms with van der Waals surface area (Å²) < 4.78 is 24.0. The lowest BCUT2D eigenvalue weighted by Crippen LogP contribution is -1.88. The Bertz CT molecular complexity index is 263. The monoisotopic (exact) mass is 177 g/mol. The average Bonchev–Trinajstić information content (AvgIpc) is 1.94. The number of aromatic nitrogens is 1. The van der Waals surface area contributed by atoms with Crippen molar-refractivity contribution in [3.63, 3.8) is 0 Å². The second kappa shape index (κ2) is 3.13. The first-order valence-electron chi connectivity index (χ1n) is 3.01. The van der Waals surface area contributed by atoms with Crippen LogP contribution in [0.1, 0.15) is 17.7 Å². The highest BCUT2D eigenvalue weighted by Crippen LogP contribution is 2.22. The molecule has 60 valence electrons. The van der Waals surface area contributed by atoms with Crippen LogP contribution in [0.4, 0.5) is 8.78 Å². The largest absolute Gasteiger partial charge is 0.265 e. The second-order valence-electron chi connectivity index (χ2n) is 2.14. The minimum absolute atomic E-state index is 0.138. The first-order chi connectivity index (χ1) is 5.11. The maximum absolute atomic E-state index is 12.0. The summed E-state index contributed by atoms with van der Waals surface area (Å²) in [6.07, 6.45) is -1.37. The molecule has 0 aromatic carbocycles. The van der Waals surface area contributed by atoms with Crippen LogP contribution in [0.15, 0.2) is 12.3 Å². The van der Waals surface area contributed by atoms with E-state index >= 15 is 0 Å². The number of hydrogen-bond acceptors (Lipinski definition) is 1. The van der Waals surface area contributed by atoms with Crippen LogP contribution in [-0.4, -0.2) is 4.98 Å². The summed E-state index contributed by atoms with van der Waals surface area (Å²) >= 11 is 5.56. The molecule has 0 aliphatic heterocycles. The molecule has 1 heterocycles. The molecule has 1 nitrogen and oxygen atoms in total. The summed E-state index contributed by atoms with van der Waals surface area (Å²) in [6.45, 7) is 1.66. The predicted molar refractivity (Wildman–Crippen MR) is 38.9 cm³/mol. The molecular weight excluding hydrogens is 172 g/mol. The number of rotatable bonds is 1. The second-order valence-corrected chi connectivity index (χ2v) is 2.54. The molecule has 0 bridgehead atoms. The zero-order valence-electron chi connectivity index (χ0n) is 5.81. The lowest BCUT2D eigenvalue weighted by Gasteiger charge is -2.00. The van der Waals surface area contributed by atoms with Crippen LogP contribution in [-0.2, 0) is 0 Å². The van der Waals surface area contributed by atoms with Crippen molar-refractivity contribution >= 4 is 11.6 Å². The molecule has 0 saturated heterocycles.